The van der Waals surface area contributed by atoms with E-state index < -0.39 is 0 Å². The van der Waals surface area contributed by atoms with Gasteiger partial charge in [0.2, 0.25) is 0 Å². The maximum Gasteiger partial charge on any atom is 0.191 e. The molecule has 0 aliphatic rings. The molecular formula is C19H19BrClN3OS. The van der Waals surface area contributed by atoms with Crippen molar-refractivity contribution < 1.29 is 4.74 Å². The monoisotopic (exact) mass is 451 g/mol. The van der Waals surface area contributed by atoms with Crippen LogP contribution < -0.4 is 4.74 Å². The van der Waals surface area contributed by atoms with Gasteiger partial charge in [0, 0.05) is 16.8 Å². The fourth-order valence-corrected chi connectivity index (χ4v) is 3.93. The highest BCUT2D eigenvalue weighted by Crippen LogP contribution is 2.30. The Bertz CT molecular complexity index is 869. The zero-order chi connectivity index (χ0) is 18.5. The van der Waals surface area contributed by atoms with E-state index >= 15 is 0 Å². The fraction of sp³-hybridized carbons (Fsp3) is 0.263. The minimum absolute atomic E-state index is 0.246. The van der Waals surface area contributed by atoms with Crippen molar-refractivity contribution in [3.8, 4) is 5.75 Å². The molecule has 0 amide bonds. The highest BCUT2D eigenvalue weighted by molar-refractivity contribution is 9.10. The van der Waals surface area contributed by atoms with Crippen molar-refractivity contribution in [3.63, 3.8) is 0 Å². The molecule has 3 aromatic rings. The molecule has 0 aliphatic carbocycles. The van der Waals surface area contributed by atoms with Crippen molar-refractivity contribution in [3.05, 3.63) is 69.4 Å². The first-order valence-corrected chi connectivity index (χ1v) is 10.5. The maximum atomic E-state index is 6.19. The molecule has 26 heavy (non-hydrogen) atoms. The van der Waals surface area contributed by atoms with Crippen LogP contribution in [0.2, 0.25) is 5.02 Å². The fourth-order valence-electron chi connectivity index (χ4n) is 2.52. The second-order valence-corrected chi connectivity index (χ2v) is 7.96. The molecule has 3 rings (SSSR count). The molecule has 1 atom stereocenters. The van der Waals surface area contributed by atoms with E-state index in [0.717, 1.165) is 27.8 Å². The summed E-state index contributed by atoms with van der Waals surface area (Å²) in [5, 5.41) is 10.2. The minimum Gasteiger partial charge on any atom is -0.481 e. The van der Waals surface area contributed by atoms with E-state index in [1.807, 2.05) is 43.3 Å². The lowest BCUT2D eigenvalue weighted by atomic mass is 10.2. The van der Waals surface area contributed by atoms with Crippen molar-refractivity contribution >= 4 is 39.3 Å². The summed E-state index contributed by atoms with van der Waals surface area (Å²) < 4.78 is 9.16. The van der Waals surface area contributed by atoms with Gasteiger partial charge in [-0.05, 0) is 43.7 Å². The number of hydrogen-bond donors (Lipinski definition) is 0. The molecule has 0 N–H and O–H groups in total. The van der Waals surface area contributed by atoms with Crippen molar-refractivity contribution in [2.24, 2.45) is 0 Å². The zero-order valence-corrected chi connectivity index (χ0v) is 17.7. The lowest BCUT2D eigenvalue weighted by Crippen LogP contribution is -2.12. The molecule has 1 unspecified atom stereocenters. The zero-order valence-electron chi connectivity index (χ0n) is 14.5. The van der Waals surface area contributed by atoms with Crippen molar-refractivity contribution in [2.45, 2.75) is 37.4 Å². The largest absolute Gasteiger partial charge is 0.481 e. The van der Waals surface area contributed by atoms with Crippen LogP contribution in [0.3, 0.4) is 0 Å². The Morgan fingerprint density at radius 2 is 1.88 bits per heavy atom. The third kappa shape index (κ3) is 4.61. The van der Waals surface area contributed by atoms with Crippen molar-refractivity contribution in [1.29, 1.82) is 0 Å². The van der Waals surface area contributed by atoms with Gasteiger partial charge < -0.3 is 9.30 Å². The van der Waals surface area contributed by atoms with E-state index in [0.29, 0.717) is 10.8 Å². The van der Waals surface area contributed by atoms with Gasteiger partial charge in [0.1, 0.15) is 5.75 Å². The number of ether oxygens (including phenoxy) is 1. The Kier molecular flexibility index (Phi) is 6.62. The lowest BCUT2D eigenvalue weighted by molar-refractivity contribution is 0.210. The molecular weight excluding hydrogens is 434 g/mol. The van der Waals surface area contributed by atoms with Crippen LogP contribution in [0, 0.1) is 0 Å². The highest BCUT2D eigenvalue weighted by Gasteiger charge is 2.19. The summed E-state index contributed by atoms with van der Waals surface area (Å²) in [6.45, 7) is 4.82. The summed E-state index contributed by atoms with van der Waals surface area (Å²) in [7, 11) is 0. The normalized spacial score (nSPS) is 12.2. The van der Waals surface area contributed by atoms with Crippen LogP contribution in [0.4, 0.5) is 0 Å². The van der Waals surface area contributed by atoms with Gasteiger partial charge in [-0.1, -0.05) is 63.6 Å². The van der Waals surface area contributed by atoms with Crippen LogP contribution in [0.1, 0.15) is 31.3 Å². The first-order chi connectivity index (χ1) is 12.6. The quantitative estimate of drug-likeness (QED) is 0.403. The predicted molar refractivity (Wildman–Crippen MR) is 110 cm³/mol. The molecule has 0 bridgehead atoms. The molecule has 2 aromatic carbocycles. The van der Waals surface area contributed by atoms with Crippen LogP contribution in [-0.2, 0) is 12.3 Å². The van der Waals surface area contributed by atoms with Gasteiger partial charge in [0.25, 0.3) is 0 Å². The lowest BCUT2D eigenvalue weighted by Gasteiger charge is -2.16. The van der Waals surface area contributed by atoms with Gasteiger partial charge in [-0.25, -0.2) is 0 Å². The van der Waals surface area contributed by atoms with E-state index in [-0.39, 0.29) is 6.10 Å². The van der Waals surface area contributed by atoms with Crippen molar-refractivity contribution in [1.82, 2.24) is 14.8 Å². The van der Waals surface area contributed by atoms with Gasteiger partial charge in [-0.3, -0.25) is 0 Å². The second-order valence-electron chi connectivity index (χ2n) is 5.69. The van der Waals surface area contributed by atoms with E-state index in [4.69, 9.17) is 16.3 Å². The molecule has 0 fully saturated rings. The highest BCUT2D eigenvalue weighted by atomic mass is 79.9. The number of halogens is 2. The summed E-state index contributed by atoms with van der Waals surface area (Å²) in [5.41, 5.74) is 1.24. The van der Waals surface area contributed by atoms with Crippen molar-refractivity contribution in [2.75, 3.05) is 0 Å². The molecule has 136 valence electrons. The number of aromatic nitrogens is 3. The van der Waals surface area contributed by atoms with Gasteiger partial charge in [-0.15, -0.1) is 10.2 Å². The number of rotatable bonds is 7. The average Bonchev–Trinajstić information content (AvgIpc) is 3.06. The third-order valence-corrected chi connectivity index (χ3v) is 5.73. The Morgan fingerprint density at radius 3 is 2.58 bits per heavy atom. The smallest absolute Gasteiger partial charge is 0.191 e. The van der Waals surface area contributed by atoms with E-state index in [2.05, 4.69) is 49.8 Å². The molecule has 4 nitrogen and oxygen atoms in total. The summed E-state index contributed by atoms with van der Waals surface area (Å²) in [4.78, 5) is 0. The number of para-hydroxylation sites is 1. The molecule has 7 heteroatoms. The number of hydrogen-bond acceptors (Lipinski definition) is 4. The first kappa shape index (κ1) is 19.3. The summed E-state index contributed by atoms with van der Waals surface area (Å²) in [6.07, 6.45) is -0.246. The third-order valence-electron chi connectivity index (χ3n) is 3.85. The SMILES string of the molecule is CCn1c(SCc2ccc(Br)cc2)nnc1C(C)Oc1ccccc1Cl. The van der Waals surface area contributed by atoms with Gasteiger partial charge in [0.15, 0.2) is 17.1 Å². The maximum absolute atomic E-state index is 6.19. The summed E-state index contributed by atoms with van der Waals surface area (Å²) in [6, 6.07) is 15.8. The molecule has 0 saturated carbocycles. The molecule has 0 aliphatic heterocycles. The van der Waals surface area contributed by atoms with Crippen LogP contribution in [0.25, 0.3) is 0 Å². The average molecular weight is 453 g/mol. The Hall–Kier alpha value is -1.50. The Morgan fingerprint density at radius 1 is 1.15 bits per heavy atom. The van der Waals surface area contributed by atoms with Gasteiger partial charge in [-0.2, -0.15) is 0 Å². The van der Waals surface area contributed by atoms with Crippen LogP contribution >= 0.6 is 39.3 Å². The first-order valence-electron chi connectivity index (χ1n) is 8.30. The topological polar surface area (TPSA) is 39.9 Å². The molecule has 1 aromatic heterocycles. The number of thioether (sulfide) groups is 1. The van der Waals surface area contributed by atoms with Gasteiger partial charge >= 0.3 is 0 Å². The second kappa shape index (κ2) is 8.93. The van der Waals surface area contributed by atoms with E-state index in [1.54, 1.807) is 11.8 Å². The number of benzene rings is 2. The minimum atomic E-state index is -0.246. The summed E-state index contributed by atoms with van der Waals surface area (Å²) >= 11 is 11.3. The van der Waals surface area contributed by atoms with E-state index in [1.165, 1.54) is 5.56 Å². The molecule has 0 spiro atoms. The number of nitrogens with zero attached hydrogens (tertiary/aromatic N) is 3. The summed E-state index contributed by atoms with van der Waals surface area (Å²) in [5.74, 6) is 2.28. The standard InChI is InChI=1S/C19H19BrClN3OS/c1-3-24-18(13(2)25-17-7-5-4-6-16(17)21)22-23-19(24)26-12-14-8-10-15(20)11-9-14/h4-11,13H,3,12H2,1-2H3. The van der Waals surface area contributed by atoms with Gasteiger partial charge in [0.05, 0.1) is 5.02 Å². The Balaban J connectivity index is 1.72. The predicted octanol–water partition coefficient (Wildman–Crippen LogP) is 6.15. The molecule has 0 radical (unpaired) electrons. The molecule has 0 saturated heterocycles. The van der Waals surface area contributed by atoms with Crippen LogP contribution in [0.5, 0.6) is 5.75 Å². The van der Waals surface area contributed by atoms with E-state index in [9.17, 15) is 0 Å². The van der Waals surface area contributed by atoms with Crippen LogP contribution in [0.15, 0.2) is 58.2 Å². The van der Waals surface area contributed by atoms with Crippen LogP contribution in [-0.4, -0.2) is 14.8 Å². The molecule has 1 heterocycles. The Labute approximate surface area is 171 Å².